The van der Waals surface area contributed by atoms with Crippen molar-refractivity contribution in [2.24, 2.45) is 0 Å². The standard InChI is InChI=1S/C16H17NO2S/c1-4-17-14-7-5-6-12(3)16(14)13-10-11(2)8-9-15(13)20(17,18)19/h5-10H,4H2,1-3H3. The van der Waals surface area contributed by atoms with Crippen LogP contribution in [0.1, 0.15) is 18.1 Å². The molecule has 2 aromatic rings. The first-order valence-corrected chi connectivity index (χ1v) is 8.14. The number of fused-ring (bicyclic) bond motifs is 3. The van der Waals surface area contributed by atoms with Crippen LogP contribution in [0.3, 0.4) is 0 Å². The van der Waals surface area contributed by atoms with E-state index < -0.39 is 10.0 Å². The van der Waals surface area contributed by atoms with Crippen molar-refractivity contribution in [1.29, 1.82) is 0 Å². The second-order valence-corrected chi connectivity index (χ2v) is 6.97. The predicted octanol–water partition coefficient (Wildman–Crippen LogP) is 3.50. The molecular formula is C16H17NO2S. The molecule has 0 saturated heterocycles. The fraction of sp³-hybridized carbons (Fsp3) is 0.250. The van der Waals surface area contributed by atoms with E-state index in [1.807, 2.05) is 51.1 Å². The number of aryl methyl sites for hydroxylation is 2. The molecule has 3 rings (SSSR count). The van der Waals surface area contributed by atoms with Crippen molar-refractivity contribution < 1.29 is 8.42 Å². The Morgan fingerprint density at radius 1 is 1.10 bits per heavy atom. The van der Waals surface area contributed by atoms with Gasteiger partial charge in [-0.3, -0.25) is 4.31 Å². The molecule has 0 radical (unpaired) electrons. The molecule has 1 aliphatic heterocycles. The summed E-state index contributed by atoms with van der Waals surface area (Å²) in [7, 11) is -3.45. The first-order valence-electron chi connectivity index (χ1n) is 6.70. The van der Waals surface area contributed by atoms with E-state index in [2.05, 4.69) is 0 Å². The molecule has 4 heteroatoms. The maximum Gasteiger partial charge on any atom is 0.264 e. The second-order valence-electron chi connectivity index (χ2n) is 5.14. The first kappa shape index (κ1) is 13.2. The molecule has 0 aromatic heterocycles. The van der Waals surface area contributed by atoms with Crippen LogP contribution in [-0.4, -0.2) is 15.0 Å². The number of sulfonamides is 1. The van der Waals surface area contributed by atoms with Gasteiger partial charge in [-0.05, 0) is 44.5 Å². The lowest BCUT2D eigenvalue weighted by molar-refractivity contribution is 0.591. The van der Waals surface area contributed by atoms with Crippen LogP contribution < -0.4 is 4.31 Å². The SMILES string of the molecule is CCN1c2cccc(C)c2-c2cc(C)ccc2S1(=O)=O. The third-order valence-electron chi connectivity index (χ3n) is 3.78. The summed E-state index contributed by atoms with van der Waals surface area (Å²) in [4.78, 5) is 0.409. The fourth-order valence-electron chi connectivity index (χ4n) is 2.86. The lowest BCUT2D eigenvalue weighted by Crippen LogP contribution is -2.34. The van der Waals surface area contributed by atoms with Crippen molar-refractivity contribution in [2.75, 3.05) is 10.8 Å². The topological polar surface area (TPSA) is 37.4 Å². The van der Waals surface area contributed by atoms with E-state index >= 15 is 0 Å². The summed E-state index contributed by atoms with van der Waals surface area (Å²) in [5.74, 6) is 0. The van der Waals surface area contributed by atoms with Crippen molar-refractivity contribution in [3.8, 4) is 11.1 Å². The highest BCUT2D eigenvalue weighted by molar-refractivity contribution is 7.93. The Balaban J connectivity index is 2.47. The van der Waals surface area contributed by atoms with E-state index in [4.69, 9.17) is 0 Å². The smallest absolute Gasteiger partial charge is 0.264 e. The van der Waals surface area contributed by atoms with Gasteiger partial charge in [0, 0.05) is 17.7 Å². The molecule has 0 amide bonds. The van der Waals surface area contributed by atoms with Crippen molar-refractivity contribution in [3.63, 3.8) is 0 Å². The number of benzene rings is 2. The average Bonchev–Trinajstić information content (AvgIpc) is 2.38. The minimum absolute atomic E-state index is 0.409. The highest BCUT2D eigenvalue weighted by atomic mass is 32.2. The summed E-state index contributed by atoms with van der Waals surface area (Å²) >= 11 is 0. The molecule has 0 N–H and O–H groups in total. The summed E-state index contributed by atoms with van der Waals surface area (Å²) in [5.41, 5.74) is 4.80. The van der Waals surface area contributed by atoms with Crippen LogP contribution in [0.25, 0.3) is 11.1 Å². The Morgan fingerprint density at radius 3 is 2.55 bits per heavy atom. The molecule has 3 nitrogen and oxygen atoms in total. The molecule has 20 heavy (non-hydrogen) atoms. The zero-order valence-electron chi connectivity index (χ0n) is 11.8. The Hall–Kier alpha value is -1.81. The van der Waals surface area contributed by atoms with Crippen molar-refractivity contribution in [1.82, 2.24) is 0 Å². The molecule has 1 heterocycles. The normalized spacial score (nSPS) is 15.7. The Morgan fingerprint density at radius 2 is 1.85 bits per heavy atom. The van der Waals surface area contributed by atoms with Crippen LogP contribution >= 0.6 is 0 Å². The van der Waals surface area contributed by atoms with E-state index in [0.29, 0.717) is 11.4 Å². The van der Waals surface area contributed by atoms with Gasteiger partial charge in [-0.15, -0.1) is 0 Å². The molecule has 0 aliphatic carbocycles. The average molecular weight is 287 g/mol. The highest BCUT2D eigenvalue weighted by Gasteiger charge is 2.34. The Bertz CT molecular complexity index is 794. The van der Waals surface area contributed by atoms with Crippen LogP contribution in [0.15, 0.2) is 41.3 Å². The van der Waals surface area contributed by atoms with Crippen molar-refractivity contribution in [3.05, 3.63) is 47.5 Å². The van der Waals surface area contributed by atoms with Gasteiger partial charge in [-0.2, -0.15) is 0 Å². The van der Waals surface area contributed by atoms with E-state index in [9.17, 15) is 8.42 Å². The van der Waals surface area contributed by atoms with Crippen LogP contribution in [0.5, 0.6) is 0 Å². The Kier molecular flexibility index (Phi) is 2.87. The van der Waals surface area contributed by atoms with Crippen LogP contribution in [0.2, 0.25) is 0 Å². The van der Waals surface area contributed by atoms with Gasteiger partial charge >= 0.3 is 0 Å². The van der Waals surface area contributed by atoms with Gasteiger partial charge < -0.3 is 0 Å². The zero-order valence-corrected chi connectivity index (χ0v) is 12.7. The lowest BCUT2D eigenvalue weighted by Gasteiger charge is -2.32. The minimum atomic E-state index is -3.45. The molecule has 0 spiro atoms. The van der Waals surface area contributed by atoms with Crippen molar-refractivity contribution >= 4 is 15.7 Å². The molecule has 2 aromatic carbocycles. The monoisotopic (exact) mass is 287 g/mol. The van der Waals surface area contributed by atoms with Gasteiger partial charge in [0.05, 0.1) is 10.6 Å². The van der Waals surface area contributed by atoms with Gasteiger partial charge in [0.2, 0.25) is 0 Å². The molecular weight excluding hydrogens is 270 g/mol. The number of hydrogen-bond acceptors (Lipinski definition) is 2. The van der Waals surface area contributed by atoms with Crippen LogP contribution in [-0.2, 0) is 10.0 Å². The summed E-state index contributed by atoms with van der Waals surface area (Å²) in [6.45, 7) is 6.31. The predicted molar refractivity (Wildman–Crippen MR) is 81.6 cm³/mol. The number of nitrogens with zero attached hydrogens (tertiary/aromatic N) is 1. The fourth-order valence-corrected chi connectivity index (χ4v) is 4.53. The maximum atomic E-state index is 12.7. The lowest BCUT2D eigenvalue weighted by atomic mass is 9.97. The molecule has 0 bridgehead atoms. The molecule has 0 fully saturated rings. The second kappa shape index (κ2) is 4.35. The highest BCUT2D eigenvalue weighted by Crippen LogP contribution is 2.44. The summed E-state index contributed by atoms with van der Waals surface area (Å²) in [6, 6.07) is 11.4. The largest absolute Gasteiger partial charge is 0.266 e. The summed E-state index contributed by atoms with van der Waals surface area (Å²) in [5, 5.41) is 0. The van der Waals surface area contributed by atoms with Crippen molar-refractivity contribution in [2.45, 2.75) is 25.7 Å². The third-order valence-corrected chi connectivity index (χ3v) is 5.73. The summed E-state index contributed by atoms with van der Waals surface area (Å²) in [6.07, 6.45) is 0. The van der Waals surface area contributed by atoms with E-state index in [1.165, 1.54) is 4.31 Å². The number of anilines is 1. The van der Waals surface area contributed by atoms with Gasteiger partial charge in [0.1, 0.15) is 0 Å². The third kappa shape index (κ3) is 1.68. The van der Waals surface area contributed by atoms with Crippen LogP contribution in [0.4, 0.5) is 5.69 Å². The van der Waals surface area contributed by atoms with Gasteiger partial charge in [0.15, 0.2) is 0 Å². The van der Waals surface area contributed by atoms with E-state index in [1.54, 1.807) is 6.07 Å². The molecule has 0 atom stereocenters. The maximum absolute atomic E-state index is 12.7. The Labute approximate surface area is 119 Å². The number of rotatable bonds is 1. The van der Waals surface area contributed by atoms with Crippen LogP contribution in [0, 0.1) is 13.8 Å². The number of hydrogen-bond donors (Lipinski definition) is 0. The minimum Gasteiger partial charge on any atom is -0.266 e. The van der Waals surface area contributed by atoms with E-state index in [-0.39, 0.29) is 0 Å². The molecule has 104 valence electrons. The quantitative estimate of drug-likeness (QED) is 0.805. The first-order chi connectivity index (χ1) is 9.46. The van der Waals surface area contributed by atoms with Gasteiger partial charge in [-0.1, -0.05) is 23.8 Å². The molecule has 0 unspecified atom stereocenters. The molecule has 1 aliphatic rings. The van der Waals surface area contributed by atoms with Gasteiger partial charge in [-0.25, -0.2) is 8.42 Å². The summed E-state index contributed by atoms with van der Waals surface area (Å²) < 4.78 is 27.0. The van der Waals surface area contributed by atoms with E-state index in [0.717, 1.165) is 27.9 Å². The van der Waals surface area contributed by atoms with Gasteiger partial charge in [0.25, 0.3) is 10.0 Å². The molecule has 0 saturated carbocycles. The zero-order chi connectivity index (χ0) is 14.5.